The highest BCUT2D eigenvalue weighted by Gasteiger charge is 2.17. The summed E-state index contributed by atoms with van der Waals surface area (Å²) in [4.78, 5) is 33.0. The first-order chi connectivity index (χ1) is 10.5. The lowest BCUT2D eigenvalue weighted by Crippen LogP contribution is -2.32. The Labute approximate surface area is 129 Å². The molecule has 0 radical (unpaired) electrons. The van der Waals surface area contributed by atoms with E-state index in [0.717, 1.165) is 12.1 Å². The number of furan rings is 1. The molecule has 22 heavy (non-hydrogen) atoms. The molecule has 0 unspecified atom stereocenters. The smallest absolute Gasteiger partial charge is 0.395 e. The Balaban J connectivity index is 1.86. The molecule has 0 spiro atoms. The molecule has 9 heteroatoms. The predicted molar refractivity (Wildman–Crippen MR) is 77.8 cm³/mol. The number of halogens is 1. The molecular formula is C13H10ClN3O5. The molecule has 0 atom stereocenters. The van der Waals surface area contributed by atoms with Crippen molar-refractivity contribution in [3.63, 3.8) is 0 Å². The van der Waals surface area contributed by atoms with Crippen molar-refractivity contribution in [2.45, 2.75) is 0 Å². The van der Waals surface area contributed by atoms with Crippen LogP contribution in [0, 0.1) is 10.1 Å². The number of nitrogens with zero attached hydrogens (tertiary/aromatic N) is 1. The molecule has 2 rings (SSSR count). The third kappa shape index (κ3) is 4.06. The molecule has 114 valence electrons. The fourth-order valence-corrected chi connectivity index (χ4v) is 1.66. The Hall–Kier alpha value is -2.87. The second kappa shape index (κ2) is 6.72. The summed E-state index contributed by atoms with van der Waals surface area (Å²) >= 11 is 5.71. The first kappa shape index (κ1) is 15.5. The molecule has 0 bridgehead atoms. The highest BCUT2D eigenvalue weighted by molar-refractivity contribution is 6.30. The van der Waals surface area contributed by atoms with E-state index in [1.807, 2.05) is 0 Å². The molecule has 0 saturated carbocycles. The minimum atomic E-state index is -0.760. The lowest BCUT2D eigenvalue weighted by atomic mass is 10.3. The van der Waals surface area contributed by atoms with Crippen molar-refractivity contribution < 1.29 is 18.9 Å². The van der Waals surface area contributed by atoms with E-state index in [2.05, 4.69) is 10.6 Å². The third-order valence-corrected chi connectivity index (χ3v) is 2.79. The lowest BCUT2D eigenvalue weighted by molar-refractivity contribution is -0.402. The summed E-state index contributed by atoms with van der Waals surface area (Å²) in [6.07, 6.45) is 0. The van der Waals surface area contributed by atoms with Gasteiger partial charge in [0.2, 0.25) is 5.91 Å². The molecule has 8 nitrogen and oxygen atoms in total. The van der Waals surface area contributed by atoms with Crippen LogP contribution in [0.5, 0.6) is 0 Å². The van der Waals surface area contributed by atoms with Gasteiger partial charge >= 0.3 is 5.88 Å². The van der Waals surface area contributed by atoms with Gasteiger partial charge in [-0.3, -0.25) is 19.7 Å². The Morgan fingerprint density at radius 3 is 2.45 bits per heavy atom. The predicted octanol–water partition coefficient (Wildman–Crippen LogP) is 2.21. The van der Waals surface area contributed by atoms with Gasteiger partial charge in [0, 0.05) is 10.7 Å². The largest absolute Gasteiger partial charge is 0.433 e. The fourth-order valence-electron chi connectivity index (χ4n) is 1.53. The molecule has 1 aromatic carbocycles. The van der Waals surface area contributed by atoms with E-state index in [9.17, 15) is 19.7 Å². The van der Waals surface area contributed by atoms with Gasteiger partial charge in [0.15, 0.2) is 5.76 Å². The zero-order chi connectivity index (χ0) is 16.1. The Kier molecular flexibility index (Phi) is 4.74. The van der Waals surface area contributed by atoms with Crippen LogP contribution in [-0.4, -0.2) is 23.3 Å². The van der Waals surface area contributed by atoms with E-state index in [1.165, 1.54) is 0 Å². The number of rotatable bonds is 5. The van der Waals surface area contributed by atoms with E-state index in [0.29, 0.717) is 10.7 Å². The van der Waals surface area contributed by atoms with E-state index in [-0.39, 0.29) is 12.3 Å². The van der Waals surface area contributed by atoms with Crippen LogP contribution in [0.25, 0.3) is 0 Å². The summed E-state index contributed by atoms with van der Waals surface area (Å²) in [5, 5.41) is 15.8. The summed E-state index contributed by atoms with van der Waals surface area (Å²) in [5.74, 6) is -1.97. The van der Waals surface area contributed by atoms with Gasteiger partial charge in [-0.05, 0) is 30.3 Å². The number of nitro groups is 1. The first-order valence-electron chi connectivity index (χ1n) is 6.03. The summed E-state index contributed by atoms with van der Waals surface area (Å²) in [7, 11) is 0. The number of hydrogen-bond donors (Lipinski definition) is 2. The second-order valence-corrected chi connectivity index (χ2v) is 4.57. The van der Waals surface area contributed by atoms with Crippen molar-refractivity contribution in [1.82, 2.24) is 5.32 Å². The van der Waals surface area contributed by atoms with Crippen molar-refractivity contribution in [2.75, 3.05) is 11.9 Å². The zero-order valence-electron chi connectivity index (χ0n) is 11.0. The number of benzene rings is 1. The van der Waals surface area contributed by atoms with Crippen molar-refractivity contribution in [3.05, 3.63) is 57.3 Å². The maximum Gasteiger partial charge on any atom is 0.433 e. The standard InChI is InChI=1S/C13H10ClN3O5/c14-8-1-3-9(4-2-8)16-11(18)7-15-13(19)10-5-6-12(22-10)17(20)21/h1-6H,7H2,(H,15,19)(H,16,18). The summed E-state index contributed by atoms with van der Waals surface area (Å²) in [5.41, 5.74) is 0.525. The molecule has 0 aliphatic rings. The molecule has 0 fully saturated rings. The van der Waals surface area contributed by atoms with Crippen molar-refractivity contribution in [3.8, 4) is 0 Å². The van der Waals surface area contributed by atoms with E-state index in [4.69, 9.17) is 16.0 Å². The van der Waals surface area contributed by atoms with Crippen molar-refractivity contribution in [1.29, 1.82) is 0 Å². The molecule has 1 heterocycles. The highest BCUT2D eigenvalue weighted by Crippen LogP contribution is 2.15. The second-order valence-electron chi connectivity index (χ2n) is 4.13. The van der Waals surface area contributed by atoms with Gasteiger partial charge in [-0.1, -0.05) is 11.6 Å². The molecule has 2 amide bonds. The molecular weight excluding hydrogens is 314 g/mol. The quantitative estimate of drug-likeness (QED) is 0.646. The molecule has 2 N–H and O–H groups in total. The Morgan fingerprint density at radius 1 is 1.18 bits per heavy atom. The first-order valence-corrected chi connectivity index (χ1v) is 6.41. The monoisotopic (exact) mass is 323 g/mol. The van der Waals surface area contributed by atoms with Crippen LogP contribution >= 0.6 is 11.6 Å². The van der Waals surface area contributed by atoms with E-state index >= 15 is 0 Å². The third-order valence-electron chi connectivity index (χ3n) is 2.53. The van der Waals surface area contributed by atoms with Crippen LogP contribution in [0.2, 0.25) is 5.02 Å². The van der Waals surface area contributed by atoms with Gasteiger partial charge in [-0.2, -0.15) is 0 Å². The van der Waals surface area contributed by atoms with Gasteiger partial charge in [0.1, 0.15) is 4.92 Å². The summed E-state index contributed by atoms with van der Waals surface area (Å²) in [6.45, 7) is -0.310. The van der Waals surface area contributed by atoms with Crippen LogP contribution in [0.3, 0.4) is 0 Å². The van der Waals surface area contributed by atoms with Gasteiger partial charge in [-0.15, -0.1) is 0 Å². The fraction of sp³-hybridized carbons (Fsp3) is 0.0769. The zero-order valence-corrected chi connectivity index (χ0v) is 11.8. The topological polar surface area (TPSA) is 114 Å². The Morgan fingerprint density at radius 2 is 1.86 bits per heavy atom. The summed E-state index contributed by atoms with van der Waals surface area (Å²) < 4.78 is 4.71. The van der Waals surface area contributed by atoms with Gasteiger partial charge in [0.25, 0.3) is 5.91 Å². The van der Waals surface area contributed by atoms with Crippen molar-refractivity contribution >= 4 is 35.0 Å². The SMILES string of the molecule is O=C(CNC(=O)c1ccc([N+](=O)[O-])o1)Nc1ccc(Cl)cc1. The van der Waals surface area contributed by atoms with Crippen LogP contribution < -0.4 is 10.6 Å². The lowest BCUT2D eigenvalue weighted by Gasteiger charge is -2.05. The number of anilines is 1. The summed E-state index contributed by atoms with van der Waals surface area (Å²) in [6, 6.07) is 8.65. The van der Waals surface area contributed by atoms with Crippen LogP contribution in [0.4, 0.5) is 11.6 Å². The maximum atomic E-state index is 11.7. The Bertz CT molecular complexity index is 711. The van der Waals surface area contributed by atoms with Gasteiger partial charge in [-0.25, -0.2) is 0 Å². The van der Waals surface area contributed by atoms with E-state index in [1.54, 1.807) is 24.3 Å². The van der Waals surface area contributed by atoms with Crippen LogP contribution in [0.1, 0.15) is 10.6 Å². The molecule has 0 aliphatic heterocycles. The average molecular weight is 324 g/mol. The van der Waals surface area contributed by atoms with Gasteiger partial charge < -0.3 is 15.1 Å². The van der Waals surface area contributed by atoms with Crippen LogP contribution in [0.15, 0.2) is 40.8 Å². The van der Waals surface area contributed by atoms with Crippen LogP contribution in [-0.2, 0) is 4.79 Å². The molecule has 0 aliphatic carbocycles. The number of amides is 2. The minimum Gasteiger partial charge on any atom is -0.395 e. The average Bonchev–Trinajstić information content (AvgIpc) is 2.97. The minimum absolute atomic E-state index is 0.244. The highest BCUT2D eigenvalue weighted by atomic mass is 35.5. The van der Waals surface area contributed by atoms with Gasteiger partial charge in [0.05, 0.1) is 12.6 Å². The van der Waals surface area contributed by atoms with Crippen molar-refractivity contribution in [2.24, 2.45) is 0 Å². The maximum absolute atomic E-state index is 11.7. The number of hydrogen-bond acceptors (Lipinski definition) is 5. The number of nitrogens with one attached hydrogen (secondary N) is 2. The molecule has 1 aromatic heterocycles. The number of carbonyl (C=O) groups excluding carboxylic acids is 2. The van der Waals surface area contributed by atoms with E-state index < -0.39 is 22.6 Å². The normalized spacial score (nSPS) is 10.0. The molecule has 0 saturated heterocycles. The molecule has 2 aromatic rings. The number of carbonyl (C=O) groups is 2.